The molecule has 3 aliphatic rings. The number of phosphoric ester groups is 1. The molecule has 11 nitrogen and oxygen atoms in total. The van der Waals surface area contributed by atoms with E-state index in [0.717, 1.165) is 19.2 Å². The van der Waals surface area contributed by atoms with Gasteiger partial charge in [0.2, 0.25) is 5.95 Å². The lowest BCUT2D eigenvalue weighted by atomic mass is 9.93. The number of amides is 1. The van der Waals surface area contributed by atoms with Crippen molar-refractivity contribution in [2.24, 2.45) is 11.8 Å². The number of hydrogen-bond donors (Lipinski definition) is 4. The molecular weight excluding hydrogens is 566 g/mol. The van der Waals surface area contributed by atoms with E-state index in [1.165, 1.54) is 24.8 Å². The van der Waals surface area contributed by atoms with Crippen molar-refractivity contribution in [2.75, 3.05) is 29.9 Å². The molecule has 4 N–H and O–H groups in total. The summed E-state index contributed by atoms with van der Waals surface area (Å²) >= 11 is 0. The molecule has 3 fully saturated rings. The number of benzene rings is 1. The van der Waals surface area contributed by atoms with Crippen LogP contribution in [0.1, 0.15) is 60.5 Å². The first-order chi connectivity index (χ1) is 19.4. The second-order valence-corrected chi connectivity index (χ2v) is 11.9. The Morgan fingerprint density at radius 2 is 1.88 bits per heavy atom. The lowest BCUT2D eigenvalue weighted by Crippen LogP contribution is -2.39. The number of alkyl halides is 3. The van der Waals surface area contributed by atoms with Gasteiger partial charge in [0.15, 0.2) is 0 Å². The van der Waals surface area contributed by atoms with Crippen molar-refractivity contribution in [2.45, 2.75) is 63.9 Å². The van der Waals surface area contributed by atoms with Gasteiger partial charge in [-0.15, -0.1) is 0 Å². The smallest absolute Gasteiger partial charge is 0.469 e. The Morgan fingerprint density at radius 3 is 2.51 bits per heavy atom. The summed E-state index contributed by atoms with van der Waals surface area (Å²) in [5.74, 6) is 1.19. The average molecular weight is 600 g/mol. The van der Waals surface area contributed by atoms with Gasteiger partial charge < -0.3 is 30.1 Å². The first kappa shape index (κ1) is 29.6. The van der Waals surface area contributed by atoms with Gasteiger partial charge in [-0.2, -0.15) is 18.2 Å². The van der Waals surface area contributed by atoms with Crippen LogP contribution in [-0.2, 0) is 21.8 Å². The molecule has 0 bridgehead atoms. The first-order valence-corrected chi connectivity index (χ1v) is 15.2. The molecule has 1 aliphatic heterocycles. The highest BCUT2D eigenvalue weighted by Crippen LogP contribution is 2.46. The van der Waals surface area contributed by atoms with E-state index in [1.54, 1.807) is 6.92 Å². The zero-order valence-corrected chi connectivity index (χ0v) is 23.3. The normalized spacial score (nSPS) is 24.1. The highest BCUT2D eigenvalue weighted by Gasteiger charge is 2.46. The Hall–Kier alpha value is -2.93. The summed E-state index contributed by atoms with van der Waals surface area (Å²) in [5, 5.41) is 5.97. The number of ether oxygens (including phenoxy) is 1. The summed E-state index contributed by atoms with van der Waals surface area (Å²) in [7, 11) is -4.59. The second kappa shape index (κ2) is 11.7. The van der Waals surface area contributed by atoms with Gasteiger partial charge in [0.05, 0.1) is 18.3 Å². The number of carbonyl (C=O) groups excluding carboxylic acids is 1. The molecule has 5 rings (SSSR count). The molecular formula is C26H33F3N5O6P. The molecule has 1 aromatic heterocycles. The Kier molecular flexibility index (Phi) is 8.47. The van der Waals surface area contributed by atoms with Gasteiger partial charge in [0.1, 0.15) is 17.1 Å². The molecule has 2 atom stereocenters. The molecule has 1 amide bonds. The summed E-state index contributed by atoms with van der Waals surface area (Å²) in [6, 6.07) is 3.58. The van der Waals surface area contributed by atoms with E-state index in [0.29, 0.717) is 49.0 Å². The second-order valence-electron chi connectivity index (χ2n) is 10.8. The van der Waals surface area contributed by atoms with E-state index in [9.17, 15) is 22.5 Å². The van der Waals surface area contributed by atoms with Gasteiger partial charge in [-0.25, -0.2) is 9.55 Å². The molecule has 1 aromatic carbocycles. The molecule has 2 saturated carbocycles. The van der Waals surface area contributed by atoms with Crippen molar-refractivity contribution in [3.05, 3.63) is 41.1 Å². The minimum absolute atomic E-state index is 0.0255. The lowest BCUT2D eigenvalue weighted by molar-refractivity contribution is -0.139. The van der Waals surface area contributed by atoms with Crippen LogP contribution in [0, 0.1) is 11.8 Å². The van der Waals surface area contributed by atoms with Crippen LogP contribution in [0.4, 0.5) is 24.9 Å². The van der Waals surface area contributed by atoms with Gasteiger partial charge in [-0.3, -0.25) is 9.32 Å². The quantitative estimate of drug-likeness (QED) is 0.294. The molecule has 0 spiro atoms. The van der Waals surface area contributed by atoms with Gasteiger partial charge in [-0.1, -0.05) is 6.07 Å². The molecule has 2 unspecified atom stereocenters. The number of aromatic nitrogens is 2. The van der Waals surface area contributed by atoms with Gasteiger partial charge >= 0.3 is 14.0 Å². The average Bonchev–Trinajstić information content (AvgIpc) is 3.52. The van der Waals surface area contributed by atoms with Crippen molar-refractivity contribution in [1.82, 2.24) is 15.3 Å². The van der Waals surface area contributed by atoms with E-state index in [4.69, 9.17) is 19.0 Å². The molecule has 2 heterocycles. The van der Waals surface area contributed by atoms with E-state index in [1.807, 2.05) is 4.90 Å². The van der Waals surface area contributed by atoms with Crippen LogP contribution in [0.5, 0.6) is 5.75 Å². The number of halogens is 3. The third-order valence-electron chi connectivity index (χ3n) is 7.69. The van der Waals surface area contributed by atoms with Crippen LogP contribution in [-0.4, -0.2) is 57.5 Å². The largest absolute Gasteiger partial charge is 0.493 e. The van der Waals surface area contributed by atoms with Crippen LogP contribution < -0.4 is 20.3 Å². The zero-order chi connectivity index (χ0) is 29.4. The Morgan fingerprint density at radius 1 is 1.17 bits per heavy atom. The fourth-order valence-electron chi connectivity index (χ4n) is 5.53. The Balaban J connectivity index is 1.31. The Bertz CT molecular complexity index is 1310. The number of piperidine rings is 1. The molecule has 2 aromatic rings. The maximum atomic E-state index is 13.6. The van der Waals surface area contributed by atoms with Crippen molar-refractivity contribution < 1.29 is 41.6 Å². The highest BCUT2D eigenvalue weighted by atomic mass is 31.2. The minimum atomic E-state index is -4.60. The molecule has 2 aliphatic carbocycles. The van der Waals surface area contributed by atoms with Crippen LogP contribution in [0.2, 0.25) is 0 Å². The topological polar surface area (TPSA) is 146 Å². The van der Waals surface area contributed by atoms with Gasteiger partial charge in [-0.05, 0) is 68.6 Å². The summed E-state index contributed by atoms with van der Waals surface area (Å²) in [5.41, 5.74) is -0.401. The lowest BCUT2D eigenvalue weighted by Gasteiger charge is -2.29. The standard InChI is InChI=1S/C26H33F3N5O6P/c1-2-39-22-8-3-15(9-21(22)26(27,28)29)11-30-23-20(12-31-25(33-23)34-13-16-10-17(16)14-34)24(35)32-18-4-6-19(7-5-18)40-41(36,37)38/h3,8-9,12,16-19H,2,4-7,10-11,13-14H2,1H3,(H,32,35)(H,30,31,33)(H2,36,37,38)/t16?,17?,18-,19-. The van der Waals surface area contributed by atoms with Gasteiger partial charge in [0, 0.05) is 31.9 Å². The van der Waals surface area contributed by atoms with Crippen LogP contribution in [0.15, 0.2) is 24.4 Å². The van der Waals surface area contributed by atoms with E-state index >= 15 is 0 Å². The molecule has 0 radical (unpaired) electrons. The van der Waals surface area contributed by atoms with Crippen molar-refractivity contribution in [3.8, 4) is 5.75 Å². The summed E-state index contributed by atoms with van der Waals surface area (Å²) < 4.78 is 62.0. The third-order valence-corrected chi connectivity index (χ3v) is 8.26. The molecule has 41 heavy (non-hydrogen) atoms. The maximum Gasteiger partial charge on any atom is 0.469 e. The molecule has 15 heteroatoms. The minimum Gasteiger partial charge on any atom is -0.493 e. The van der Waals surface area contributed by atoms with E-state index in [2.05, 4.69) is 20.6 Å². The SMILES string of the molecule is CCOc1ccc(CNc2nc(N3CC4CC4C3)ncc2C(=O)N[C@H]2CC[C@H](OP(=O)(O)O)CC2)cc1C(F)(F)F. The highest BCUT2D eigenvalue weighted by molar-refractivity contribution is 7.46. The van der Waals surface area contributed by atoms with Crippen molar-refractivity contribution in [3.63, 3.8) is 0 Å². The first-order valence-electron chi connectivity index (χ1n) is 13.6. The fourth-order valence-corrected chi connectivity index (χ4v) is 6.13. The number of fused-ring (bicyclic) bond motifs is 1. The number of carbonyl (C=O) groups is 1. The number of nitrogens with one attached hydrogen (secondary N) is 2. The summed E-state index contributed by atoms with van der Waals surface area (Å²) in [4.78, 5) is 42.4. The summed E-state index contributed by atoms with van der Waals surface area (Å²) in [6.45, 7) is 3.33. The van der Waals surface area contributed by atoms with E-state index < -0.39 is 31.6 Å². The van der Waals surface area contributed by atoms with Crippen LogP contribution in [0.25, 0.3) is 0 Å². The number of hydrogen-bond acceptors (Lipinski definition) is 8. The van der Waals surface area contributed by atoms with Crippen LogP contribution in [0.3, 0.4) is 0 Å². The zero-order valence-electron chi connectivity index (χ0n) is 22.4. The predicted molar refractivity (Wildman–Crippen MR) is 142 cm³/mol. The number of phosphoric acid groups is 1. The van der Waals surface area contributed by atoms with Crippen LogP contribution >= 0.6 is 7.82 Å². The number of rotatable bonds is 10. The maximum absolute atomic E-state index is 13.6. The number of anilines is 2. The monoisotopic (exact) mass is 599 g/mol. The molecule has 1 saturated heterocycles. The fraction of sp³-hybridized carbons (Fsp3) is 0.577. The van der Waals surface area contributed by atoms with E-state index in [-0.39, 0.29) is 36.3 Å². The predicted octanol–water partition coefficient (Wildman–Crippen LogP) is 4.11. The van der Waals surface area contributed by atoms with Crippen molar-refractivity contribution >= 4 is 25.5 Å². The molecule has 224 valence electrons. The Labute approximate surface area is 235 Å². The number of nitrogens with zero attached hydrogens (tertiary/aromatic N) is 3. The summed E-state index contributed by atoms with van der Waals surface area (Å²) in [6.07, 6.45) is -0.928. The third kappa shape index (κ3) is 7.48. The van der Waals surface area contributed by atoms with Crippen molar-refractivity contribution in [1.29, 1.82) is 0 Å². The van der Waals surface area contributed by atoms with Gasteiger partial charge in [0.25, 0.3) is 5.91 Å².